The van der Waals surface area contributed by atoms with Crippen LogP contribution in [0.25, 0.3) is 0 Å². The van der Waals surface area contributed by atoms with Gasteiger partial charge in [0.2, 0.25) is 5.82 Å². The summed E-state index contributed by atoms with van der Waals surface area (Å²) in [4.78, 5) is 6.35. The molecule has 2 atom stereocenters. The van der Waals surface area contributed by atoms with Crippen molar-refractivity contribution in [1.82, 2.24) is 9.97 Å². The number of rotatable bonds is 3. The minimum atomic E-state index is -4.59. The van der Waals surface area contributed by atoms with E-state index in [2.05, 4.69) is 9.97 Å². The molecule has 4 nitrogen and oxygen atoms in total. The van der Waals surface area contributed by atoms with Crippen molar-refractivity contribution >= 4 is 0 Å². The third-order valence-electron chi connectivity index (χ3n) is 2.35. The van der Waals surface area contributed by atoms with Crippen molar-refractivity contribution in [1.29, 1.82) is 0 Å². The van der Waals surface area contributed by atoms with Crippen LogP contribution in [0.15, 0.2) is 12.4 Å². The molecule has 104 valence electrons. The summed E-state index contributed by atoms with van der Waals surface area (Å²) in [6, 6.07) is 0. The molecule has 0 saturated heterocycles. The van der Waals surface area contributed by atoms with Crippen LogP contribution in [-0.2, 0) is 23.2 Å². The fraction of sp³-hybridized carbons (Fsp3) is 0.600. The molecule has 1 rings (SSSR count). The van der Waals surface area contributed by atoms with Gasteiger partial charge in [-0.15, -0.1) is 0 Å². The van der Waals surface area contributed by atoms with Gasteiger partial charge in [-0.2, -0.15) is 13.2 Å². The van der Waals surface area contributed by atoms with Crippen molar-refractivity contribution in [3.8, 4) is 0 Å². The van der Waals surface area contributed by atoms with Gasteiger partial charge in [0.25, 0.3) is 0 Å². The molecule has 2 unspecified atom stereocenters. The van der Waals surface area contributed by atoms with Crippen molar-refractivity contribution in [2.24, 2.45) is 0 Å². The first kappa shape index (κ1) is 17.3. The van der Waals surface area contributed by atoms with Crippen molar-refractivity contribution in [2.45, 2.75) is 38.1 Å². The summed E-state index contributed by atoms with van der Waals surface area (Å²) in [7, 11) is 0. The summed E-state index contributed by atoms with van der Waals surface area (Å²) in [5, 5.41) is 18.9. The molecular weight excluding hydrogens is 293 g/mol. The van der Waals surface area contributed by atoms with E-state index in [0.717, 1.165) is 12.4 Å². The molecule has 0 amide bonds. The number of alkyl halides is 3. The summed E-state index contributed by atoms with van der Waals surface area (Å²) in [6.07, 6.45) is -4.46. The Hall–Kier alpha value is -0.691. The van der Waals surface area contributed by atoms with E-state index in [4.69, 9.17) is 0 Å². The summed E-state index contributed by atoms with van der Waals surface area (Å²) < 4.78 is 36.6. The van der Waals surface area contributed by atoms with Crippen LogP contribution in [0.3, 0.4) is 0 Å². The van der Waals surface area contributed by atoms with Gasteiger partial charge in [0, 0.05) is 35.4 Å². The molecule has 1 aromatic heterocycles. The monoisotopic (exact) mass is 306 g/mol. The number of nitrogens with zero attached hydrogens (tertiary/aromatic N) is 2. The maximum atomic E-state index is 12.2. The summed E-state index contributed by atoms with van der Waals surface area (Å²) in [5.74, 6) is -1.95. The second-order valence-electron chi connectivity index (χ2n) is 3.84. The quantitative estimate of drug-likeness (QED) is 0.827. The molecule has 1 aromatic rings. The normalized spacial score (nSPS) is 16.6. The molecule has 0 aliphatic rings. The summed E-state index contributed by atoms with van der Waals surface area (Å²) >= 11 is 0. The van der Waals surface area contributed by atoms with E-state index in [1.54, 1.807) is 0 Å². The van der Waals surface area contributed by atoms with E-state index < -0.39 is 30.1 Å². The standard InChI is InChI=1S/C10H13F3N2O2.Fe/c1-5(16)8(6(2)17)7-3-14-9(15-4-7)10(11,12)13;/h3-6,8,16-17H,1-2H3;. The molecule has 0 fully saturated rings. The zero-order chi connectivity index (χ0) is 13.2. The molecule has 0 bridgehead atoms. The molecular formula is C10H13F3FeN2O2. The molecule has 2 N–H and O–H groups in total. The van der Waals surface area contributed by atoms with Gasteiger partial charge in [-0.05, 0) is 19.4 Å². The van der Waals surface area contributed by atoms with Gasteiger partial charge >= 0.3 is 6.18 Å². The average Bonchev–Trinajstić information content (AvgIpc) is 2.15. The first-order chi connectivity index (χ1) is 7.73. The number of aromatic nitrogens is 2. The van der Waals surface area contributed by atoms with Crippen molar-refractivity contribution in [2.75, 3.05) is 0 Å². The molecule has 8 heteroatoms. The summed E-state index contributed by atoms with van der Waals surface area (Å²) in [6.45, 7) is 2.88. The Morgan fingerprint density at radius 1 is 1.06 bits per heavy atom. The van der Waals surface area contributed by atoms with E-state index in [0.29, 0.717) is 0 Å². The predicted octanol–water partition coefficient (Wildman–Crippen LogP) is 1.34. The number of hydrogen-bond donors (Lipinski definition) is 2. The molecule has 0 radical (unpaired) electrons. The van der Waals surface area contributed by atoms with Crippen molar-refractivity contribution in [3.05, 3.63) is 23.8 Å². The van der Waals surface area contributed by atoms with Crippen LogP contribution in [0, 0.1) is 0 Å². The van der Waals surface area contributed by atoms with E-state index in [1.165, 1.54) is 13.8 Å². The van der Waals surface area contributed by atoms with Gasteiger partial charge in [-0.3, -0.25) is 0 Å². The van der Waals surface area contributed by atoms with Crippen LogP contribution in [0.4, 0.5) is 13.2 Å². The fourth-order valence-corrected chi connectivity index (χ4v) is 1.62. The minimum Gasteiger partial charge on any atom is -0.393 e. The first-order valence-corrected chi connectivity index (χ1v) is 4.98. The van der Waals surface area contributed by atoms with Crippen LogP contribution < -0.4 is 0 Å². The Morgan fingerprint density at radius 2 is 1.44 bits per heavy atom. The Kier molecular flexibility index (Phi) is 6.22. The van der Waals surface area contributed by atoms with Gasteiger partial charge in [-0.25, -0.2) is 9.97 Å². The number of aliphatic hydroxyl groups is 2. The maximum absolute atomic E-state index is 12.2. The smallest absolute Gasteiger partial charge is 0.393 e. The molecule has 0 spiro atoms. The van der Waals surface area contributed by atoms with Gasteiger partial charge in [0.15, 0.2) is 0 Å². The Balaban J connectivity index is 0.00000289. The fourth-order valence-electron chi connectivity index (χ4n) is 1.62. The average molecular weight is 306 g/mol. The van der Waals surface area contributed by atoms with Crippen LogP contribution in [-0.4, -0.2) is 32.4 Å². The van der Waals surface area contributed by atoms with Crippen LogP contribution >= 0.6 is 0 Å². The Bertz CT molecular complexity index is 360. The first-order valence-electron chi connectivity index (χ1n) is 4.98. The molecule has 18 heavy (non-hydrogen) atoms. The minimum absolute atomic E-state index is 0. The second-order valence-corrected chi connectivity index (χ2v) is 3.84. The van der Waals surface area contributed by atoms with E-state index >= 15 is 0 Å². The molecule has 0 saturated carbocycles. The maximum Gasteiger partial charge on any atom is 0.451 e. The number of hydrogen-bond acceptors (Lipinski definition) is 4. The van der Waals surface area contributed by atoms with Crippen LogP contribution in [0.2, 0.25) is 0 Å². The number of halogens is 3. The van der Waals surface area contributed by atoms with E-state index in [1.807, 2.05) is 0 Å². The van der Waals surface area contributed by atoms with Crippen molar-refractivity contribution in [3.63, 3.8) is 0 Å². The SMILES string of the molecule is CC(O)C(c1cnc(C(F)(F)F)nc1)C(C)O.[Fe]. The van der Waals surface area contributed by atoms with Crippen LogP contribution in [0.1, 0.15) is 31.2 Å². The Morgan fingerprint density at radius 3 is 1.72 bits per heavy atom. The summed E-state index contributed by atoms with van der Waals surface area (Å²) in [5.41, 5.74) is 0.267. The Labute approximate surface area is 113 Å². The number of aliphatic hydroxyl groups excluding tert-OH is 2. The molecule has 0 aromatic carbocycles. The van der Waals surface area contributed by atoms with E-state index in [9.17, 15) is 23.4 Å². The topological polar surface area (TPSA) is 66.2 Å². The largest absolute Gasteiger partial charge is 0.451 e. The van der Waals surface area contributed by atoms with Gasteiger partial charge in [0.1, 0.15) is 0 Å². The zero-order valence-electron chi connectivity index (χ0n) is 9.66. The van der Waals surface area contributed by atoms with Gasteiger partial charge < -0.3 is 10.2 Å². The van der Waals surface area contributed by atoms with Crippen molar-refractivity contribution < 1.29 is 40.5 Å². The molecule has 0 aliphatic carbocycles. The second kappa shape index (κ2) is 6.47. The zero-order valence-corrected chi connectivity index (χ0v) is 10.8. The van der Waals surface area contributed by atoms with Crippen LogP contribution in [0.5, 0.6) is 0 Å². The molecule has 0 aliphatic heterocycles. The predicted molar refractivity (Wildman–Crippen MR) is 53.1 cm³/mol. The van der Waals surface area contributed by atoms with Gasteiger partial charge in [-0.1, -0.05) is 0 Å². The van der Waals surface area contributed by atoms with Gasteiger partial charge in [0.05, 0.1) is 12.2 Å². The third-order valence-corrected chi connectivity index (χ3v) is 2.35. The third kappa shape index (κ3) is 4.20. The molecule has 1 heterocycles. The van der Waals surface area contributed by atoms with E-state index in [-0.39, 0.29) is 22.6 Å².